The first kappa shape index (κ1) is 18.2. The highest BCUT2D eigenvalue weighted by Crippen LogP contribution is 2.34. The van der Waals surface area contributed by atoms with Gasteiger partial charge in [0.15, 0.2) is 0 Å². The number of hydrogen-bond donors (Lipinski definition) is 1. The van der Waals surface area contributed by atoms with Gasteiger partial charge >= 0.3 is 5.97 Å². The summed E-state index contributed by atoms with van der Waals surface area (Å²) in [5.74, 6) is -0.742. The summed E-state index contributed by atoms with van der Waals surface area (Å²) in [6.07, 6.45) is 1.18. The third-order valence-electron chi connectivity index (χ3n) is 4.06. The Bertz CT molecular complexity index is 636. The second-order valence-corrected chi connectivity index (χ2v) is 5.95. The molecular weight excluding hydrogens is 306 g/mol. The van der Waals surface area contributed by atoms with E-state index in [2.05, 4.69) is 5.32 Å². The van der Waals surface area contributed by atoms with Crippen molar-refractivity contribution in [2.75, 3.05) is 19.8 Å². The molecule has 0 radical (unpaired) electrons. The van der Waals surface area contributed by atoms with Gasteiger partial charge < -0.3 is 14.8 Å². The van der Waals surface area contributed by atoms with Crippen molar-refractivity contribution < 1.29 is 19.1 Å². The fourth-order valence-electron chi connectivity index (χ4n) is 2.93. The Labute approximate surface area is 143 Å². The zero-order valence-corrected chi connectivity index (χ0v) is 14.6. The average Bonchev–Trinajstić information content (AvgIpc) is 2.54. The molecule has 0 unspecified atom stereocenters. The van der Waals surface area contributed by atoms with E-state index in [-0.39, 0.29) is 30.8 Å². The maximum Gasteiger partial charge on any atom is 0.336 e. The number of benzene rings is 1. The minimum atomic E-state index is -0.388. The molecule has 5 heteroatoms. The Morgan fingerprint density at radius 1 is 1.21 bits per heavy atom. The summed E-state index contributed by atoms with van der Waals surface area (Å²) in [6, 6.07) is 7.81. The predicted molar refractivity (Wildman–Crippen MR) is 91.4 cm³/mol. The fraction of sp³-hybridized carbons (Fsp3) is 0.474. The summed E-state index contributed by atoms with van der Waals surface area (Å²) in [6.45, 7) is 7.00. The third kappa shape index (κ3) is 4.45. The maximum absolute atomic E-state index is 12.6. The van der Waals surface area contributed by atoms with Crippen molar-refractivity contribution in [3.63, 3.8) is 0 Å². The summed E-state index contributed by atoms with van der Waals surface area (Å²) in [4.78, 5) is 24.5. The van der Waals surface area contributed by atoms with Crippen molar-refractivity contribution in [2.24, 2.45) is 0 Å². The molecule has 0 aliphatic carbocycles. The number of carbonyl (C=O) groups excluding carboxylic acids is 2. The lowest BCUT2D eigenvalue weighted by molar-refractivity contribution is -0.141. The molecule has 0 bridgehead atoms. The Balaban J connectivity index is 2.17. The van der Waals surface area contributed by atoms with Gasteiger partial charge in [0, 0.05) is 24.6 Å². The SMILES string of the molecule is CCCOCCOC(=O)C1=C(C)NC(=O)C[C@@H]1c1ccccc1C. The fourth-order valence-corrected chi connectivity index (χ4v) is 2.93. The van der Waals surface area contributed by atoms with Crippen molar-refractivity contribution in [1.82, 2.24) is 5.32 Å². The Kier molecular flexibility index (Phi) is 6.55. The molecule has 1 amide bonds. The van der Waals surface area contributed by atoms with Gasteiger partial charge in [0.05, 0.1) is 12.2 Å². The van der Waals surface area contributed by atoms with E-state index in [9.17, 15) is 9.59 Å². The van der Waals surface area contributed by atoms with Crippen molar-refractivity contribution in [3.05, 3.63) is 46.7 Å². The van der Waals surface area contributed by atoms with Crippen LogP contribution < -0.4 is 5.32 Å². The normalized spacial score (nSPS) is 17.6. The number of aryl methyl sites for hydroxylation is 1. The zero-order valence-electron chi connectivity index (χ0n) is 14.6. The minimum Gasteiger partial charge on any atom is -0.460 e. The van der Waals surface area contributed by atoms with Crippen molar-refractivity contribution >= 4 is 11.9 Å². The molecule has 1 aromatic carbocycles. The van der Waals surface area contributed by atoms with Gasteiger partial charge in [0.1, 0.15) is 6.61 Å². The van der Waals surface area contributed by atoms with Crippen LogP contribution in [0.1, 0.15) is 43.7 Å². The van der Waals surface area contributed by atoms with E-state index >= 15 is 0 Å². The van der Waals surface area contributed by atoms with Crippen LogP contribution in [-0.2, 0) is 19.1 Å². The van der Waals surface area contributed by atoms with Gasteiger partial charge in [-0.25, -0.2) is 4.79 Å². The number of carbonyl (C=O) groups is 2. The monoisotopic (exact) mass is 331 g/mol. The largest absolute Gasteiger partial charge is 0.460 e. The molecule has 1 aliphatic heterocycles. The smallest absolute Gasteiger partial charge is 0.336 e. The second-order valence-electron chi connectivity index (χ2n) is 5.95. The molecule has 0 saturated carbocycles. The average molecular weight is 331 g/mol. The highest BCUT2D eigenvalue weighted by molar-refractivity contribution is 5.95. The lowest BCUT2D eigenvalue weighted by Crippen LogP contribution is -2.34. The summed E-state index contributed by atoms with van der Waals surface area (Å²) in [5.41, 5.74) is 3.14. The van der Waals surface area contributed by atoms with Crippen molar-refractivity contribution in [3.8, 4) is 0 Å². The van der Waals surface area contributed by atoms with Gasteiger partial charge in [-0.1, -0.05) is 31.2 Å². The number of ether oxygens (including phenoxy) is 2. The molecule has 1 N–H and O–H groups in total. The van der Waals surface area contributed by atoms with Crippen molar-refractivity contribution in [1.29, 1.82) is 0 Å². The predicted octanol–water partition coefficient (Wildman–Crippen LogP) is 2.84. The Hall–Kier alpha value is -2.14. The van der Waals surface area contributed by atoms with Crippen LogP contribution in [0.5, 0.6) is 0 Å². The van der Waals surface area contributed by atoms with Crippen LogP contribution in [0.25, 0.3) is 0 Å². The second kappa shape index (κ2) is 8.64. The molecule has 1 aliphatic rings. The first-order valence-electron chi connectivity index (χ1n) is 8.35. The van der Waals surface area contributed by atoms with E-state index in [1.807, 2.05) is 38.1 Å². The quantitative estimate of drug-likeness (QED) is 0.616. The van der Waals surface area contributed by atoms with E-state index in [4.69, 9.17) is 9.47 Å². The summed E-state index contributed by atoms with van der Waals surface area (Å²) in [7, 11) is 0. The van der Waals surface area contributed by atoms with E-state index in [0.717, 1.165) is 17.5 Å². The minimum absolute atomic E-state index is 0.0800. The van der Waals surface area contributed by atoms with E-state index in [0.29, 0.717) is 24.5 Å². The first-order valence-corrected chi connectivity index (χ1v) is 8.35. The standard InChI is InChI=1S/C19H25NO4/c1-4-9-23-10-11-24-19(22)18-14(3)20-17(21)12-16(18)15-8-6-5-7-13(15)2/h5-8,16H,4,9-12H2,1-3H3,(H,20,21)/t16-/m1/s1. The summed E-state index contributed by atoms with van der Waals surface area (Å²) < 4.78 is 10.7. The lowest BCUT2D eigenvalue weighted by atomic mass is 9.82. The molecule has 0 aromatic heterocycles. The Morgan fingerprint density at radius 2 is 1.96 bits per heavy atom. The molecule has 130 valence electrons. The molecule has 1 heterocycles. The van der Waals surface area contributed by atoms with Crippen molar-refractivity contribution in [2.45, 2.75) is 39.5 Å². The van der Waals surface area contributed by atoms with E-state index < -0.39 is 0 Å². The van der Waals surface area contributed by atoms with Gasteiger partial charge in [-0.15, -0.1) is 0 Å². The van der Waals surface area contributed by atoms with Gasteiger partial charge in [0.25, 0.3) is 0 Å². The summed E-state index contributed by atoms with van der Waals surface area (Å²) >= 11 is 0. The topological polar surface area (TPSA) is 64.6 Å². The van der Waals surface area contributed by atoms with E-state index in [1.165, 1.54) is 0 Å². The van der Waals surface area contributed by atoms with Crippen LogP contribution in [0.15, 0.2) is 35.5 Å². The number of nitrogens with one attached hydrogen (secondary N) is 1. The van der Waals surface area contributed by atoms with Gasteiger partial charge in [-0.3, -0.25) is 4.79 Å². The number of hydrogen-bond acceptors (Lipinski definition) is 4. The number of allylic oxidation sites excluding steroid dienone is 1. The molecule has 0 spiro atoms. The highest BCUT2D eigenvalue weighted by atomic mass is 16.6. The molecule has 0 saturated heterocycles. The van der Waals surface area contributed by atoms with Gasteiger partial charge in [0.2, 0.25) is 5.91 Å². The van der Waals surface area contributed by atoms with Crippen LogP contribution in [0, 0.1) is 6.92 Å². The van der Waals surface area contributed by atoms with E-state index in [1.54, 1.807) is 6.92 Å². The first-order chi connectivity index (χ1) is 11.5. The molecule has 0 fully saturated rings. The molecular formula is C19H25NO4. The number of amides is 1. The van der Waals surface area contributed by atoms with Crippen LogP contribution in [0.3, 0.4) is 0 Å². The Morgan fingerprint density at radius 3 is 2.67 bits per heavy atom. The molecule has 5 nitrogen and oxygen atoms in total. The third-order valence-corrected chi connectivity index (χ3v) is 4.06. The lowest BCUT2D eigenvalue weighted by Gasteiger charge is -2.27. The number of esters is 1. The van der Waals surface area contributed by atoms with Crippen LogP contribution in [0.4, 0.5) is 0 Å². The zero-order chi connectivity index (χ0) is 17.5. The summed E-state index contributed by atoms with van der Waals surface area (Å²) in [5, 5.41) is 2.75. The number of rotatable bonds is 7. The van der Waals surface area contributed by atoms with Gasteiger partial charge in [-0.05, 0) is 31.4 Å². The molecule has 2 rings (SSSR count). The van der Waals surface area contributed by atoms with Crippen LogP contribution in [-0.4, -0.2) is 31.7 Å². The van der Waals surface area contributed by atoms with Crippen LogP contribution >= 0.6 is 0 Å². The molecule has 1 atom stereocenters. The maximum atomic E-state index is 12.6. The molecule has 1 aromatic rings. The van der Waals surface area contributed by atoms with Crippen LogP contribution in [0.2, 0.25) is 0 Å². The molecule has 24 heavy (non-hydrogen) atoms. The highest BCUT2D eigenvalue weighted by Gasteiger charge is 2.33. The van der Waals surface area contributed by atoms with Gasteiger partial charge in [-0.2, -0.15) is 0 Å².